The van der Waals surface area contributed by atoms with Crippen LogP contribution in [-0.2, 0) is 36.9 Å². The van der Waals surface area contributed by atoms with Crippen LogP contribution in [0.5, 0.6) is 5.75 Å². The molecule has 226 valence electrons. The van der Waals surface area contributed by atoms with Crippen molar-refractivity contribution in [3.63, 3.8) is 0 Å². The quantitative estimate of drug-likeness (QED) is 0.303. The number of esters is 1. The van der Waals surface area contributed by atoms with Gasteiger partial charge in [0.2, 0.25) is 5.91 Å². The third-order valence-corrected chi connectivity index (χ3v) is 8.11. The highest BCUT2D eigenvalue weighted by Gasteiger charge is 2.64. The van der Waals surface area contributed by atoms with Gasteiger partial charge in [-0.2, -0.15) is 0 Å². The van der Waals surface area contributed by atoms with Crippen molar-refractivity contribution < 1.29 is 38.1 Å². The van der Waals surface area contributed by atoms with E-state index in [1.165, 1.54) is 6.07 Å². The molecule has 0 saturated carbocycles. The van der Waals surface area contributed by atoms with E-state index in [1.54, 1.807) is 43.3 Å². The Bertz CT molecular complexity index is 1500. The second-order valence-corrected chi connectivity index (χ2v) is 11.1. The molecule has 2 aliphatic rings. The standard InChI is InChI=1S/C33H35FN2O7/c1-3-27(30(38)39)43-29-23(12-9-14-25(29)24-13-7-8-15-26(24)34)17-33(31(40)42-18-22-10-5-4-6-11-22)32(16-21(2)35-33)20-41-19-28(37)36-32/h4-15,21,27,35H,3,16-20H2,1-2H3,(H,36,37)(H,38,39). The Balaban J connectivity index is 1.64. The maximum Gasteiger partial charge on any atom is 0.344 e. The first-order valence-electron chi connectivity index (χ1n) is 14.3. The van der Waals surface area contributed by atoms with Gasteiger partial charge in [0.15, 0.2) is 6.10 Å². The Kier molecular flexibility index (Phi) is 8.79. The number of carboxylic acids is 1. The van der Waals surface area contributed by atoms with Crippen LogP contribution in [0.25, 0.3) is 11.1 Å². The summed E-state index contributed by atoms with van der Waals surface area (Å²) in [5, 5.41) is 16.3. The maximum atomic E-state index is 15.1. The van der Waals surface area contributed by atoms with Gasteiger partial charge in [-0.05, 0) is 37.0 Å². The third kappa shape index (κ3) is 5.98. The van der Waals surface area contributed by atoms with E-state index >= 15 is 4.39 Å². The van der Waals surface area contributed by atoms with Gasteiger partial charge in [0.1, 0.15) is 30.3 Å². The summed E-state index contributed by atoms with van der Waals surface area (Å²) in [6, 6.07) is 20.2. The molecule has 43 heavy (non-hydrogen) atoms. The molecule has 9 nitrogen and oxygen atoms in total. The average Bonchev–Trinajstić information content (AvgIpc) is 3.25. The Hall–Kier alpha value is -4.28. The highest BCUT2D eigenvalue weighted by molar-refractivity contribution is 5.88. The Labute approximate surface area is 249 Å². The lowest BCUT2D eigenvalue weighted by Gasteiger charge is -2.46. The van der Waals surface area contributed by atoms with Gasteiger partial charge in [0.25, 0.3) is 0 Å². The molecule has 0 aliphatic carbocycles. The molecule has 4 atom stereocenters. The summed E-state index contributed by atoms with van der Waals surface area (Å²) >= 11 is 0. The minimum atomic E-state index is -1.53. The van der Waals surface area contributed by atoms with Gasteiger partial charge < -0.3 is 24.6 Å². The topological polar surface area (TPSA) is 123 Å². The largest absolute Gasteiger partial charge is 0.479 e. The highest BCUT2D eigenvalue weighted by atomic mass is 19.1. The molecule has 3 aromatic rings. The van der Waals surface area contributed by atoms with Crippen LogP contribution in [0.3, 0.4) is 0 Å². The molecular weight excluding hydrogens is 555 g/mol. The van der Waals surface area contributed by atoms with Crippen LogP contribution in [0.15, 0.2) is 72.8 Å². The van der Waals surface area contributed by atoms with Crippen molar-refractivity contribution >= 4 is 17.8 Å². The first kappa shape index (κ1) is 30.2. The van der Waals surface area contributed by atoms with E-state index in [2.05, 4.69) is 10.6 Å². The first-order valence-corrected chi connectivity index (χ1v) is 14.3. The first-order chi connectivity index (χ1) is 20.7. The number of para-hydroxylation sites is 1. The van der Waals surface area contributed by atoms with Gasteiger partial charge in [0, 0.05) is 23.6 Å². The van der Waals surface area contributed by atoms with Crippen molar-refractivity contribution in [3.05, 3.63) is 89.7 Å². The molecule has 0 bridgehead atoms. The summed E-state index contributed by atoms with van der Waals surface area (Å²) in [6.07, 6.45) is -0.778. The normalized spacial score (nSPS) is 23.9. The minimum Gasteiger partial charge on any atom is -0.479 e. The van der Waals surface area contributed by atoms with Crippen LogP contribution < -0.4 is 15.4 Å². The van der Waals surface area contributed by atoms with Gasteiger partial charge in [-0.25, -0.2) is 14.0 Å². The number of carbonyl (C=O) groups excluding carboxylic acids is 2. The van der Waals surface area contributed by atoms with Gasteiger partial charge in [0.05, 0.1) is 12.1 Å². The summed E-state index contributed by atoms with van der Waals surface area (Å²) in [7, 11) is 0. The van der Waals surface area contributed by atoms with Crippen LogP contribution in [0, 0.1) is 5.82 Å². The minimum absolute atomic E-state index is 0.00207. The zero-order chi connectivity index (χ0) is 30.6. The van der Waals surface area contributed by atoms with Gasteiger partial charge in [-0.1, -0.05) is 73.7 Å². The van der Waals surface area contributed by atoms with Crippen molar-refractivity contribution in [3.8, 4) is 16.9 Å². The van der Waals surface area contributed by atoms with Crippen LogP contribution in [0.1, 0.15) is 37.8 Å². The fourth-order valence-electron chi connectivity index (χ4n) is 6.19. The number of carboxylic acid groups (broad SMARTS) is 1. The third-order valence-electron chi connectivity index (χ3n) is 8.11. The number of hydrogen-bond donors (Lipinski definition) is 3. The number of rotatable bonds is 10. The summed E-state index contributed by atoms with van der Waals surface area (Å²) in [4.78, 5) is 39.1. The molecule has 0 radical (unpaired) electrons. The van der Waals surface area contributed by atoms with Gasteiger partial charge in [-0.3, -0.25) is 10.1 Å². The fourth-order valence-corrected chi connectivity index (χ4v) is 6.19. The molecule has 1 spiro atoms. The molecule has 2 heterocycles. The molecule has 5 rings (SSSR count). The summed E-state index contributed by atoms with van der Waals surface area (Å²) in [6.45, 7) is 3.49. The summed E-state index contributed by atoms with van der Waals surface area (Å²) in [5.41, 5.74) is -0.929. The lowest BCUT2D eigenvalue weighted by Crippen LogP contribution is -2.74. The lowest BCUT2D eigenvalue weighted by atomic mass is 9.73. The molecule has 2 aliphatic heterocycles. The Morgan fingerprint density at radius 1 is 1.07 bits per heavy atom. The number of amides is 1. The van der Waals surface area contributed by atoms with Crippen LogP contribution in [0.2, 0.25) is 0 Å². The summed E-state index contributed by atoms with van der Waals surface area (Å²) in [5.74, 6) is -2.53. The van der Waals surface area contributed by atoms with E-state index in [-0.39, 0.29) is 55.9 Å². The number of hydrogen-bond acceptors (Lipinski definition) is 7. The predicted octanol–water partition coefficient (Wildman–Crippen LogP) is 4.03. The van der Waals surface area contributed by atoms with Crippen molar-refractivity contribution in [2.45, 2.75) is 62.9 Å². The number of carbonyl (C=O) groups is 3. The monoisotopic (exact) mass is 590 g/mol. The molecule has 3 aromatic carbocycles. The molecule has 2 saturated heterocycles. The second kappa shape index (κ2) is 12.5. The lowest BCUT2D eigenvalue weighted by molar-refractivity contribution is -0.161. The van der Waals surface area contributed by atoms with Crippen LogP contribution in [-0.4, -0.2) is 59.4 Å². The Morgan fingerprint density at radius 2 is 1.79 bits per heavy atom. The summed E-state index contributed by atoms with van der Waals surface area (Å²) < 4.78 is 32.8. The number of morpholine rings is 1. The van der Waals surface area contributed by atoms with Crippen LogP contribution in [0.4, 0.5) is 4.39 Å². The van der Waals surface area contributed by atoms with E-state index in [9.17, 15) is 19.5 Å². The van der Waals surface area contributed by atoms with Crippen molar-refractivity contribution in [1.82, 2.24) is 10.6 Å². The fraction of sp³-hybridized carbons (Fsp3) is 0.364. The number of aliphatic carboxylic acids is 1. The van der Waals surface area contributed by atoms with Crippen molar-refractivity contribution in [2.75, 3.05) is 13.2 Å². The van der Waals surface area contributed by atoms with Crippen molar-refractivity contribution in [2.24, 2.45) is 0 Å². The second-order valence-electron chi connectivity index (χ2n) is 11.1. The van der Waals surface area contributed by atoms with Crippen molar-refractivity contribution in [1.29, 1.82) is 0 Å². The van der Waals surface area contributed by atoms with E-state index in [4.69, 9.17) is 14.2 Å². The molecule has 1 amide bonds. The van der Waals surface area contributed by atoms with Crippen LogP contribution >= 0.6 is 0 Å². The van der Waals surface area contributed by atoms with Gasteiger partial charge in [-0.15, -0.1) is 0 Å². The van der Waals surface area contributed by atoms with E-state index in [0.717, 1.165) is 5.56 Å². The highest BCUT2D eigenvalue weighted by Crippen LogP contribution is 2.44. The number of benzene rings is 3. The van der Waals surface area contributed by atoms with Gasteiger partial charge >= 0.3 is 11.9 Å². The number of nitrogens with one attached hydrogen (secondary N) is 2. The Morgan fingerprint density at radius 3 is 2.49 bits per heavy atom. The zero-order valence-corrected chi connectivity index (χ0v) is 24.1. The van der Waals surface area contributed by atoms with E-state index in [0.29, 0.717) is 17.5 Å². The molecule has 10 heteroatoms. The molecule has 2 fully saturated rings. The SMILES string of the molecule is CCC(Oc1c(CC2(C(=O)OCc3ccccc3)NC(C)CC23COCC(=O)N3)cccc1-c1ccccc1F)C(=O)O. The number of halogens is 1. The average molecular weight is 591 g/mol. The molecular formula is C33H35FN2O7. The maximum absolute atomic E-state index is 15.1. The van der Waals surface area contributed by atoms with E-state index < -0.39 is 34.9 Å². The predicted molar refractivity (Wildman–Crippen MR) is 156 cm³/mol. The molecule has 4 unspecified atom stereocenters. The molecule has 0 aromatic heterocycles. The smallest absolute Gasteiger partial charge is 0.344 e. The zero-order valence-electron chi connectivity index (χ0n) is 24.1. The number of ether oxygens (including phenoxy) is 3. The molecule has 3 N–H and O–H groups in total. The van der Waals surface area contributed by atoms with E-state index in [1.807, 2.05) is 37.3 Å².